The van der Waals surface area contributed by atoms with Crippen molar-refractivity contribution in [2.24, 2.45) is 5.92 Å². The Hall–Kier alpha value is -0.640. The molecule has 3 nitrogen and oxygen atoms in total. The van der Waals surface area contributed by atoms with Crippen molar-refractivity contribution in [3.05, 3.63) is 5.01 Å². The van der Waals surface area contributed by atoms with E-state index in [9.17, 15) is 0 Å². The molecule has 0 saturated heterocycles. The molecular formula is C8H15N3S. The normalized spacial score (nSPS) is 13.2. The van der Waals surface area contributed by atoms with E-state index in [-0.39, 0.29) is 0 Å². The summed E-state index contributed by atoms with van der Waals surface area (Å²) in [4.78, 5) is 0. The molecule has 68 valence electrons. The average Bonchev–Trinajstić information content (AvgIpc) is 2.47. The fourth-order valence-electron chi connectivity index (χ4n) is 0.942. The number of hydrogen-bond donors (Lipinski definition) is 1. The third-order valence-electron chi connectivity index (χ3n) is 2.03. The molecule has 0 aliphatic carbocycles. The summed E-state index contributed by atoms with van der Waals surface area (Å²) in [6.07, 6.45) is 3.43. The highest BCUT2D eigenvalue weighted by Crippen LogP contribution is 2.16. The lowest BCUT2D eigenvalue weighted by atomic mass is 10.0. The molecule has 4 heteroatoms. The van der Waals surface area contributed by atoms with Crippen LogP contribution in [0.25, 0.3) is 0 Å². The van der Waals surface area contributed by atoms with Gasteiger partial charge in [0.25, 0.3) is 0 Å². The van der Waals surface area contributed by atoms with Gasteiger partial charge in [-0.05, 0) is 12.3 Å². The van der Waals surface area contributed by atoms with Crippen molar-refractivity contribution in [2.45, 2.75) is 33.1 Å². The van der Waals surface area contributed by atoms with Crippen molar-refractivity contribution in [1.82, 2.24) is 10.2 Å². The Kier molecular flexibility index (Phi) is 3.47. The van der Waals surface area contributed by atoms with Gasteiger partial charge in [-0.1, -0.05) is 31.6 Å². The highest BCUT2D eigenvalue weighted by Gasteiger charge is 2.03. The van der Waals surface area contributed by atoms with Crippen LogP contribution in [-0.2, 0) is 6.42 Å². The van der Waals surface area contributed by atoms with Crippen molar-refractivity contribution >= 4 is 16.5 Å². The molecule has 0 aliphatic heterocycles. The molecule has 1 unspecified atom stereocenters. The van der Waals surface area contributed by atoms with E-state index in [1.807, 2.05) is 0 Å². The van der Waals surface area contributed by atoms with Crippen molar-refractivity contribution in [3.63, 3.8) is 0 Å². The summed E-state index contributed by atoms with van der Waals surface area (Å²) in [5.74, 6) is 0.773. The molecule has 0 bridgehead atoms. The van der Waals surface area contributed by atoms with Gasteiger partial charge in [-0.3, -0.25) is 0 Å². The Labute approximate surface area is 77.0 Å². The Morgan fingerprint density at radius 2 is 2.25 bits per heavy atom. The zero-order valence-corrected chi connectivity index (χ0v) is 8.40. The van der Waals surface area contributed by atoms with Crippen LogP contribution in [0.5, 0.6) is 0 Å². The molecule has 1 atom stereocenters. The highest BCUT2D eigenvalue weighted by molar-refractivity contribution is 7.15. The van der Waals surface area contributed by atoms with Crippen LogP contribution in [0.15, 0.2) is 0 Å². The van der Waals surface area contributed by atoms with E-state index >= 15 is 0 Å². The van der Waals surface area contributed by atoms with Gasteiger partial charge < -0.3 is 5.73 Å². The minimum Gasteiger partial charge on any atom is -0.374 e. The summed E-state index contributed by atoms with van der Waals surface area (Å²) < 4.78 is 0. The van der Waals surface area contributed by atoms with Gasteiger partial charge in [0.1, 0.15) is 5.01 Å². The lowest BCUT2D eigenvalue weighted by molar-refractivity contribution is 0.515. The van der Waals surface area contributed by atoms with E-state index in [1.165, 1.54) is 24.2 Å². The first-order chi connectivity index (χ1) is 5.72. The topological polar surface area (TPSA) is 51.8 Å². The molecule has 0 fully saturated rings. The van der Waals surface area contributed by atoms with Gasteiger partial charge in [0.15, 0.2) is 0 Å². The number of nitrogens with zero attached hydrogens (tertiary/aromatic N) is 2. The summed E-state index contributed by atoms with van der Waals surface area (Å²) in [6, 6.07) is 0. The third-order valence-corrected chi connectivity index (χ3v) is 2.84. The van der Waals surface area contributed by atoms with Crippen LogP contribution in [0, 0.1) is 5.92 Å². The van der Waals surface area contributed by atoms with E-state index in [0.717, 1.165) is 17.3 Å². The summed E-state index contributed by atoms with van der Waals surface area (Å²) in [7, 11) is 0. The van der Waals surface area contributed by atoms with Gasteiger partial charge in [-0.25, -0.2) is 0 Å². The number of aromatic nitrogens is 2. The Morgan fingerprint density at radius 1 is 1.50 bits per heavy atom. The van der Waals surface area contributed by atoms with Crippen LogP contribution in [0.1, 0.15) is 31.7 Å². The van der Waals surface area contributed by atoms with Crippen LogP contribution in [0.4, 0.5) is 5.13 Å². The second-order valence-electron chi connectivity index (χ2n) is 3.09. The molecule has 0 amide bonds. The Bertz CT molecular complexity index is 234. The molecule has 1 aromatic rings. The molecule has 0 aliphatic rings. The van der Waals surface area contributed by atoms with Gasteiger partial charge >= 0.3 is 0 Å². The zero-order chi connectivity index (χ0) is 8.97. The summed E-state index contributed by atoms with van der Waals surface area (Å²) in [5.41, 5.74) is 5.46. The van der Waals surface area contributed by atoms with Crippen LogP contribution >= 0.6 is 11.3 Å². The first kappa shape index (κ1) is 9.45. The van der Waals surface area contributed by atoms with Crippen molar-refractivity contribution in [1.29, 1.82) is 0 Å². The quantitative estimate of drug-likeness (QED) is 0.781. The van der Waals surface area contributed by atoms with Gasteiger partial charge in [-0.15, -0.1) is 10.2 Å². The number of hydrogen-bond acceptors (Lipinski definition) is 4. The molecule has 1 rings (SSSR count). The minimum absolute atomic E-state index is 0.578. The van der Waals surface area contributed by atoms with Crippen LogP contribution in [0.2, 0.25) is 0 Å². The minimum atomic E-state index is 0.578. The Morgan fingerprint density at radius 3 is 2.75 bits per heavy atom. The summed E-state index contributed by atoms with van der Waals surface area (Å²) in [5, 5.41) is 9.37. The van der Waals surface area contributed by atoms with Crippen molar-refractivity contribution < 1.29 is 0 Å². The molecular weight excluding hydrogens is 170 g/mol. The molecule has 12 heavy (non-hydrogen) atoms. The van der Waals surface area contributed by atoms with E-state index in [1.54, 1.807) is 0 Å². The fourth-order valence-corrected chi connectivity index (χ4v) is 1.57. The average molecular weight is 185 g/mol. The van der Waals surface area contributed by atoms with E-state index in [4.69, 9.17) is 5.73 Å². The zero-order valence-electron chi connectivity index (χ0n) is 7.58. The van der Waals surface area contributed by atoms with Gasteiger partial charge in [0, 0.05) is 6.42 Å². The van der Waals surface area contributed by atoms with Gasteiger partial charge in [-0.2, -0.15) is 0 Å². The second-order valence-corrected chi connectivity index (χ2v) is 4.18. The maximum atomic E-state index is 5.46. The van der Waals surface area contributed by atoms with Crippen LogP contribution in [-0.4, -0.2) is 10.2 Å². The molecule has 0 spiro atoms. The number of nitrogen functional groups attached to an aromatic ring is 1. The number of aryl methyl sites for hydroxylation is 1. The predicted octanol–water partition coefficient (Wildman–Crippen LogP) is 2.10. The van der Waals surface area contributed by atoms with Crippen molar-refractivity contribution in [2.75, 3.05) is 5.73 Å². The first-order valence-corrected chi connectivity index (χ1v) is 5.12. The fraction of sp³-hybridized carbons (Fsp3) is 0.750. The molecule has 2 N–H and O–H groups in total. The number of nitrogens with two attached hydrogens (primary N) is 1. The smallest absolute Gasteiger partial charge is 0.203 e. The van der Waals surface area contributed by atoms with E-state index < -0.39 is 0 Å². The number of anilines is 1. The van der Waals surface area contributed by atoms with Crippen molar-refractivity contribution in [3.8, 4) is 0 Å². The van der Waals surface area contributed by atoms with Crippen LogP contribution in [0.3, 0.4) is 0 Å². The summed E-state index contributed by atoms with van der Waals surface area (Å²) >= 11 is 1.50. The molecule has 0 aromatic carbocycles. The monoisotopic (exact) mass is 185 g/mol. The largest absolute Gasteiger partial charge is 0.374 e. The SMILES string of the molecule is CCC(C)CCc1nnc(N)s1. The lowest BCUT2D eigenvalue weighted by Crippen LogP contribution is -1.94. The predicted molar refractivity (Wildman–Crippen MR) is 52.1 cm³/mol. The molecule has 0 radical (unpaired) electrons. The maximum absolute atomic E-state index is 5.46. The van der Waals surface area contributed by atoms with E-state index in [2.05, 4.69) is 24.0 Å². The molecule has 0 saturated carbocycles. The van der Waals surface area contributed by atoms with Crippen LogP contribution < -0.4 is 5.73 Å². The molecule has 1 aromatic heterocycles. The first-order valence-electron chi connectivity index (χ1n) is 4.30. The van der Waals surface area contributed by atoms with Gasteiger partial charge in [0.05, 0.1) is 0 Å². The number of rotatable bonds is 4. The highest BCUT2D eigenvalue weighted by atomic mass is 32.1. The second kappa shape index (κ2) is 4.40. The maximum Gasteiger partial charge on any atom is 0.203 e. The standard InChI is InChI=1S/C8H15N3S/c1-3-6(2)4-5-7-10-11-8(9)12-7/h6H,3-5H2,1-2H3,(H2,9,11). The molecule has 1 heterocycles. The summed E-state index contributed by atoms with van der Waals surface area (Å²) in [6.45, 7) is 4.46. The van der Waals surface area contributed by atoms with Gasteiger partial charge in [0.2, 0.25) is 5.13 Å². The van der Waals surface area contributed by atoms with E-state index in [0.29, 0.717) is 5.13 Å². The lowest BCUT2D eigenvalue weighted by Gasteiger charge is -2.04. The Balaban J connectivity index is 2.33. The third kappa shape index (κ3) is 2.77.